The standard InChI is InChI=1S/C20H22N4O3/c1-13-6-5-9-17(14-7-3-2-4-8-14)24(13)20(27)19(26)23-16-10-15(18(21)25)11-22-12-16/h2-4,7-8,10-13,17H,5-6,9H2,1H3,(H2,21,25)(H,23,26)/t13-,17-/m0/s1. The van der Waals surface area contributed by atoms with Gasteiger partial charge in [0.15, 0.2) is 0 Å². The fraction of sp³-hybridized carbons (Fsp3) is 0.300. The summed E-state index contributed by atoms with van der Waals surface area (Å²) in [5, 5.41) is 2.53. The molecule has 0 spiro atoms. The molecule has 1 fully saturated rings. The Morgan fingerprint density at radius 2 is 1.89 bits per heavy atom. The number of amides is 3. The highest BCUT2D eigenvalue weighted by molar-refractivity contribution is 6.39. The molecule has 1 aliphatic heterocycles. The fourth-order valence-corrected chi connectivity index (χ4v) is 3.48. The summed E-state index contributed by atoms with van der Waals surface area (Å²) in [7, 11) is 0. The molecule has 3 amide bonds. The Morgan fingerprint density at radius 1 is 1.15 bits per heavy atom. The maximum absolute atomic E-state index is 12.9. The molecule has 140 valence electrons. The lowest BCUT2D eigenvalue weighted by molar-refractivity contribution is -0.148. The minimum Gasteiger partial charge on any atom is -0.366 e. The normalized spacial score (nSPS) is 19.4. The third-order valence-electron chi connectivity index (χ3n) is 4.80. The van der Waals surface area contributed by atoms with Crippen LogP contribution in [0.5, 0.6) is 0 Å². The zero-order valence-corrected chi connectivity index (χ0v) is 15.1. The number of carbonyl (C=O) groups excluding carboxylic acids is 3. The summed E-state index contributed by atoms with van der Waals surface area (Å²) in [5.41, 5.74) is 6.66. The van der Waals surface area contributed by atoms with E-state index >= 15 is 0 Å². The van der Waals surface area contributed by atoms with Crippen molar-refractivity contribution < 1.29 is 14.4 Å². The van der Waals surface area contributed by atoms with Crippen LogP contribution in [0.2, 0.25) is 0 Å². The number of anilines is 1. The first kappa shape index (κ1) is 18.6. The molecule has 1 aliphatic rings. The summed E-state index contributed by atoms with van der Waals surface area (Å²) in [6.07, 6.45) is 5.33. The van der Waals surface area contributed by atoms with E-state index in [9.17, 15) is 14.4 Å². The minimum atomic E-state index is -0.756. The first-order chi connectivity index (χ1) is 13.0. The van der Waals surface area contributed by atoms with Crippen LogP contribution in [0.1, 0.15) is 48.1 Å². The second kappa shape index (κ2) is 7.99. The molecule has 27 heavy (non-hydrogen) atoms. The topological polar surface area (TPSA) is 105 Å². The van der Waals surface area contributed by atoms with Gasteiger partial charge in [-0.2, -0.15) is 0 Å². The van der Waals surface area contributed by atoms with Crippen molar-refractivity contribution in [3.63, 3.8) is 0 Å². The van der Waals surface area contributed by atoms with Crippen LogP contribution in [0.4, 0.5) is 5.69 Å². The van der Waals surface area contributed by atoms with Crippen LogP contribution in [0, 0.1) is 0 Å². The van der Waals surface area contributed by atoms with Crippen molar-refractivity contribution in [2.24, 2.45) is 5.73 Å². The number of pyridine rings is 1. The molecule has 0 aliphatic carbocycles. The predicted molar refractivity (Wildman–Crippen MR) is 101 cm³/mol. The van der Waals surface area contributed by atoms with Gasteiger partial charge in [-0.1, -0.05) is 30.3 Å². The van der Waals surface area contributed by atoms with Crippen LogP contribution in [-0.2, 0) is 9.59 Å². The monoisotopic (exact) mass is 366 g/mol. The summed E-state index contributed by atoms with van der Waals surface area (Å²) >= 11 is 0. The maximum Gasteiger partial charge on any atom is 0.313 e. The number of hydrogen-bond acceptors (Lipinski definition) is 4. The van der Waals surface area contributed by atoms with E-state index in [0.29, 0.717) is 0 Å². The molecule has 3 rings (SSSR count). The van der Waals surface area contributed by atoms with Gasteiger partial charge in [0.2, 0.25) is 5.91 Å². The summed E-state index contributed by atoms with van der Waals surface area (Å²) in [4.78, 5) is 42.3. The number of hydrogen-bond donors (Lipinski definition) is 2. The van der Waals surface area contributed by atoms with E-state index in [2.05, 4.69) is 10.3 Å². The molecule has 2 aromatic rings. The average molecular weight is 366 g/mol. The van der Waals surface area contributed by atoms with Gasteiger partial charge in [-0.25, -0.2) is 0 Å². The van der Waals surface area contributed by atoms with Gasteiger partial charge in [-0.05, 0) is 37.8 Å². The van der Waals surface area contributed by atoms with Crippen molar-refractivity contribution >= 4 is 23.4 Å². The largest absolute Gasteiger partial charge is 0.366 e. The Morgan fingerprint density at radius 3 is 2.59 bits per heavy atom. The van der Waals surface area contributed by atoms with Crippen molar-refractivity contribution in [2.45, 2.75) is 38.3 Å². The van der Waals surface area contributed by atoms with E-state index in [1.165, 1.54) is 18.5 Å². The summed E-state index contributed by atoms with van der Waals surface area (Å²) < 4.78 is 0. The van der Waals surface area contributed by atoms with Gasteiger partial charge < -0.3 is 16.0 Å². The molecular formula is C20H22N4O3. The van der Waals surface area contributed by atoms with E-state index in [1.54, 1.807) is 4.90 Å². The molecule has 3 N–H and O–H groups in total. The molecule has 7 nitrogen and oxygen atoms in total. The van der Waals surface area contributed by atoms with Gasteiger partial charge in [0.05, 0.1) is 23.5 Å². The van der Waals surface area contributed by atoms with Crippen LogP contribution in [0.3, 0.4) is 0 Å². The Labute approximate surface area is 157 Å². The Hall–Kier alpha value is -3.22. The van der Waals surface area contributed by atoms with Gasteiger partial charge in [0.25, 0.3) is 0 Å². The van der Waals surface area contributed by atoms with Crippen molar-refractivity contribution in [1.29, 1.82) is 0 Å². The third-order valence-corrected chi connectivity index (χ3v) is 4.80. The molecule has 1 aromatic carbocycles. The number of likely N-dealkylation sites (tertiary alicyclic amines) is 1. The van der Waals surface area contributed by atoms with Gasteiger partial charge in [-0.15, -0.1) is 0 Å². The van der Waals surface area contributed by atoms with Crippen LogP contribution >= 0.6 is 0 Å². The van der Waals surface area contributed by atoms with Crippen LogP contribution in [-0.4, -0.2) is 33.6 Å². The molecule has 7 heteroatoms. The highest BCUT2D eigenvalue weighted by Gasteiger charge is 2.35. The molecule has 2 heterocycles. The van der Waals surface area contributed by atoms with Gasteiger partial charge in [0.1, 0.15) is 0 Å². The van der Waals surface area contributed by atoms with Crippen molar-refractivity contribution in [3.8, 4) is 0 Å². The number of benzene rings is 1. The zero-order valence-electron chi connectivity index (χ0n) is 15.1. The number of nitrogens with two attached hydrogens (primary N) is 1. The second-order valence-corrected chi connectivity index (χ2v) is 6.70. The van der Waals surface area contributed by atoms with E-state index in [0.717, 1.165) is 24.8 Å². The Balaban J connectivity index is 1.80. The molecule has 1 aromatic heterocycles. The quantitative estimate of drug-likeness (QED) is 0.813. The smallest absolute Gasteiger partial charge is 0.313 e. The van der Waals surface area contributed by atoms with Crippen LogP contribution in [0.25, 0.3) is 0 Å². The molecule has 0 unspecified atom stereocenters. The first-order valence-corrected chi connectivity index (χ1v) is 8.91. The van der Waals surface area contributed by atoms with Crippen LogP contribution in [0.15, 0.2) is 48.8 Å². The van der Waals surface area contributed by atoms with Crippen LogP contribution < -0.4 is 11.1 Å². The molecule has 0 bridgehead atoms. The molecule has 0 saturated carbocycles. The number of primary amides is 1. The molecule has 0 radical (unpaired) electrons. The van der Waals surface area contributed by atoms with Crippen molar-refractivity contribution in [1.82, 2.24) is 9.88 Å². The molecule has 2 atom stereocenters. The van der Waals surface area contributed by atoms with Crippen molar-refractivity contribution in [2.75, 3.05) is 5.32 Å². The Kier molecular flexibility index (Phi) is 5.49. The molecule has 1 saturated heterocycles. The van der Waals surface area contributed by atoms with E-state index in [-0.39, 0.29) is 23.3 Å². The summed E-state index contributed by atoms with van der Waals surface area (Å²) in [6, 6.07) is 10.9. The van der Waals surface area contributed by atoms with Gasteiger partial charge >= 0.3 is 11.8 Å². The lowest BCUT2D eigenvalue weighted by atomic mass is 9.91. The third kappa shape index (κ3) is 4.13. The van der Waals surface area contributed by atoms with Gasteiger partial charge in [0, 0.05) is 12.2 Å². The first-order valence-electron chi connectivity index (χ1n) is 8.91. The van der Waals surface area contributed by atoms with E-state index in [4.69, 9.17) is 5.73 Å². The Bertz CT molecular complexity index is 853. The highest BCUT2D eigenvalue weighted by Crippen LogP contribution is 2.34. The highest BCUT2D eigenvalue weighted by atomic mass is 16.2. The lowest BCUT2D eigenvalue weighted by Gasteiger charge is -2.40. The number of rotatable bonds is 3. The predicted octanol–water partition coefficient (Wildman–Crippen LogP) is 2.26. The lowest BCUT2D eigenvalue weighted by Crippen LogP contribution is -2.48. The minimum absolute atomic E-state index is 0.0442. The fourth-order valence-electron chi connectivity index (χ4n) is 3.48. The summed E-state index contributed by atoms with van der Waals surface area (Å²) in [6.45, 7) is 1.95. The van der Waals surface area contributed by atoms with E-state index < -0.39 is 17.7 Å². The maximum atomic E-state index is 12.9. The number of piperidine rings is 1. The zero-order chi connectivity index (χ0) is 19.4. The van der Waals surface area contributed by atoms with E-state index in [1.807, 2.05) is 37.3 Å². The second-order valence-electron chi connectivity index (χ2n) is 6.70. The van der Waals surface area contributed by atoms with Gasteiger partial charge in [-0.3, -0.25) is 19.4 Å². The summed E-state index contributed by atoms with van der Waals surface area (Å²) in [5.74, 6) is -2.01. The number of carbonyl (C=O) groups is 3. The number of nitrogens with zero attached hydrogens (tertiary/aromatic N) is 2. The number of nitrogens with one attached hydrogen (secondary N) is 1. The SMILES string of the molecule is C[C@H]1CCC[C@@H](c2ccccc2)N1C(=O)C(=O)Nc1cncc(C(N)=O)c1. The average Bonchev–Trinajstić information content (AvgIpc) is 2.68. The number of aromatic nitrogens is 1. The van der Waals surface area contributed by atoms with Crippen molar-refractivity contribution in [3.05, 3.63) is 59.9 Å². The molecular weight excluding hydrogens is 344 g/mol.